The largest absolute Gasteiger partial charge is 0.466 e. The number of esters is 5. The first-order chi connectivity index (χ1) is 69.2. The van der Waals surface area contributed by atoms with E-state index >= 15 is 0 Å². The van der Waals surface area contributed by atoms with Crippen LogP contribution in [0.2, 0.25) is 0 Å². The Bertz CT molecular complexity index is 2520. The lowest BCUT2D eigenvalue weighted by atomic mass is 9.87. The van der Waals surface area contributed by atoms with Gasteiger partial charge in [0, 0.05) is 45.2 Å². The summed E-state index contributed by atoms with van der Waals surface area (Å²) in [6.45, 7) is 28.4. The highest BCUT2D eigenvalue weighted by Gasteiger charge is 2.25. The molecule has 0 bridgehead atoms. The fourth-order valence-electron chi connectivity index (χ4n) is 19.1. The topological polar surface area (TPSA) is 182 Å². The molecule has 0 heterocycles. The number of carbonyl (C=O) groups is 5. The van der Waals surface area contributed by atoms with E-state index in [9.17, 15) is 34.2 Å². The van der Waals surface area contributed by atoms with Crippen LogP contribution >= 0.6 is 0 Å². The number of hydrogen-bond acceptors (Lipinski definition) is 15. The van der Waals surface area contributed by atoms with Crippen molar-refractivity contribution in [3.8, 4) is 0 Å². The van der Waals surface area contributed by atoms with Crippen LogP contribution in [0.4, 0.5) is 0 Å². The van der Waals surface area contributed by atoms with Gasteiger partial charge >= 0.3 is 29.8 Å². The molecule has 0 radical (unpaired) electrons. The van der Waals surface area contributed by atoms with Crippen molar-refractivity contribution in [1.82, 2.24) is 14.7 Å². The zero-order valence-corrected chi connectivity index (χ0v) is 96.3. The predicted octanol–water partition coefficient (Wildman–Crippen LogP) is 37.1. The minimum absolute atomic E-state index is 0.00727. The third-order valence-electron chi connectivity index (χ3n) is 28.4. The van der Waals surface area contributed by atoms with E-state index in [1.807, 2.05) is 0 Å². The molecule has 0 aliphatic carbocycles. The van der Waals surface area contributed by atoms with E-state index in [1.165, 1.54) is 334 Å². The normalized spacial score (nSPS) is 12.0. The first-order valence-electron chi connectivity index (χ1n) is 62.3. The zero-order valence-electron chi connectivity index (χ0n) is 96.3. The number of aliphatic hydroxyl groups excluding tert-OH is 2. The van der Waals surface area contributed by atoms with Gasteiger partial charge in [-0.15, -0.1) is 0 Å². The van der Waals surface area contributed by atoms with Gasteiger partial charge in [-0.25, -0.2) is 0 Å². The minimum atomic E-state index is -0.0513. The zero-order chi connectivity index (χ0) is 103. The van der Waals surface area contributed by atoms with Crippen LogP contribution in [0.3, 0.4) is 0 Å². The molecule has 836 valence electrons. The van der Waals surface area contributed by atoms with E-state index in [0.29, 0.717) is 57.8 Å². The molecular weight excluding hydrogens is 1750 g/mol. The van der Waals surface area contributed by atoms with Crippen LogP contribution in [-0.2, 0) is 47.7 Å². The van der Waals surface area contributed by atoms with Crippen LogP contribution in [0.25, 0.3) is 0 Å². The highest BCUT2D eigenvalue weighted by molar-refractivity contribution is 5.71. The van der Waals surface area contributed by atoms with Gasteiger partial charge in [0.25, 0.3) is 0 Å². The van der Waals surface area contributed by atoms with Crippen LogP contribution in [0.15, 0.2) is 36.5 Å². The summed E-state index contributed by atoms with van der Waals surface area (Å²) in [6.07, 6.45) is 118. The second-order valence-corrected chi connectivity index (χ2v) is 42.7. The summed E-state index contributed by atoms with van der Waals surface area (Å²) in [5.74, 6) is 0.422. The second kappa shape index (κ2) is 122. The van der Waals surface area contributed by atoms with Gasteiger partial charge in [-0.05, 0) is 277 Å². The van der Waals surface area contributed by atoms with Crippen LogP contribution in [0, 0.1) is 5.92 Å². The molecule has 0 aliphatic rings. The molecule has 2 N–H and O–H groups in total. The van der Waals surface area contributed by atoms with E-state index in [0.717, 1.165) is 245 Å². The first-order valence-corrected chi connectivity index (χ1v) is 62.3. The molecule has 0 saturated heterocycles. The number of carbonyl (C=O) groups excluding carboxylic acids is 5. The Morgan fingerprint density at radius 1 is 0.213 bits per heavy atom. The fraction of sp³-hybridized carbons (Fsp3) is 0.913. The molecule has 1 atom stereocenters. The van der Waals surface area contributed by atoms with Crippen molar-refractivity contribution in [3.63, 3.8) is 0 Å². The van der Waals surface area contributed by atoms with Crippen molar-refractivity contribution in [2.24, 2.45) is 5.92 Å². The molecule has 15 nitrogen and oxygen atoms in total. The predicted molar refractivity (Wildman–Crippen MR) is 610 cm³/mol. The van der Waals surface area contributed by atoms with E-state index in [2.05, 4.69) is 128 Å². The maximum Gasteiger partial charge on any atom is 0.306 e. The first kappa shape index (κ1) is 141. The SMILES string of the molecule is CCCCC/C=C\CCCC(CCC/C=C\CCCCC)C(CCC/C=C\CCCCC)OC(=O)CCCCN(C)C.CCCCCCCCCCOC(=O)CCCCCN(CCO)CCCCCCCC(=O)OC(CCCCCCCC)CCCCCCCC.CCCCCCCCCOC(=O)CCCCCCCN(CCO)CCCCCCCC(=O)OC(CCCCCCCC)CCCCCCCC. The van der Waals surface area contributed by atoms with E-state index in [4.69, 9.17) is 23.7 Å². The highest BCUT2D eigenvalue weighted by Crippen LogP contribution is 2.29. The third kappa shape index (κ3) is 115. The summed E-state index contributed by atoms with van der Waals surface area (Å²) in [4.78, 5) is 69.3. The second-order valence-electron chi connectivity index (χ2n) is 42.7. The number of hydrogen-bond donors (Lipinski definition) is 2. The lowest BCUT2D eigenvalue weighted by molar-refractivity contribution is -0.153. The number of rotatable bonds is 112. The minimum Gasteiger partial charge on any atom is -0.466 e. The van der Waals surface area contributed by atoms with E-state index in [-0.39, 0.29) is 61.4 Å². The molecule has 141 heavy (non-hydrogen) atoms. The van der Waals surface area contributed by atoms with Crippen LogP contribution in [0.1, 0.15) is 634 Å². The average molecular weight is 1990 g/mol. The maximum absolute atomic E-state index is 13.0. The quantitative estimate of drug-likeness (QED) is 0.0254. The van der Waals surface area contributed by atoms with Crippen molar-refractivity contribution < 1.29 is 57.9 Å². The molecule has 0 fully saturated rings. The molecule has 0 spiro atoms. The van der Waals surface area contributed by atoms with Gasteiger partial charge in [0.15, 0.2) is 0 Å². The van der Waals surface area contributed by atoms with Crippen molar-refractivity contribution in [2.75, 3.05) is 86.3 Å². The Labute approximate surface area is 878 Å². The summed E-state index contributed by atoms with van der Waals surface area (Å²) in [5.41, 5.74) is 0. The highest BCUT2D eigenvalue weighted by atomic mass is 16.6. The summed E-state index contributed by atoms with van der Waals surface area (Å²) >= 11 is 0. The van der Waals surface area contributed by atoms with E-state index < -0.39 is 0 Å². The Morgan fingerprint density at radius 2 is 0.426 bits per heavy atom. The van der Waals surface area contributed by atoms with Crippen molar-refractivity contribution in [1.29, 1.82) is 0 Å². The van der Waals surface area contributed by atoms with Gasteiger partial charge < -0.3 is 48.6 Å². The van der Waals surface area contributed by atoms with Crippen molar-refractivity contribution in [2.45, 2.75) is 652 Å². The monoisotopic (exact) mass is 1990 g/mol. The lowest BCUT2D eigenvalue weighted by Crippen LogP contribution is -2.29. The van der Waals surface area contributed by atoms with Gasteiger partial charge in [-0.1, -0.05) is 413 Å². The molecule has 1 unspecified atom stereocenters. The number of unbranched alkanes of at least 4 members (excludes halogenated alkanes) is 60. The van der Waals surface area contributed by atoms with Gasteiger partial charge in [0.2, 0.25) is 0 Å². The van der Waals surface area contributed by atoms with Crippen LogP contribution < -0.4 is 0 Å². The number of nitrogens with zero attached hydrogens (tertiary/aromatic N) is 3. The third-order valence-corrected chi connectivity index (χ3v) is 28.4. The summed E-state index contributed by atoms with van der Waals surface area (Å²) in [7, 11) is 4.19. The van der Waals surface area contributed by atoms with Gasteiger partial charge in [0.05, 0.1) is 26.4 Å². The average Bonchev–Trinajstić information content (AvgIpc) is 0.897. The molecule has 0 aliphatic heterocycles. The van der Waals surface area contributed by atoms with Gasteiger partial charge in [-0.3, -0.25) is 24.0 Å². The number of allylic oxidation sites excluding steroid dienone is 6. The molecule has 15 heteroatoms. The van der Waals surface area contributed by atoms with Crippen molar-refractivity contribution in [3.05, 3.63) is 36.5 Å². The molecule has 0 aromatic heterocycles. The van der Waals surface area contributed by atoms with Gasteiger partial charge in [0.1, 0.15) is 18.3 Å². The Hall–Kier alpha value is -3.63. The van der Waals surface area contributed by atoms with Crippen LogP contribution in [0.5, 0.6) is 0 Å². The molecule has 0 amide bonds. The summed E-state index contributed by atoms with van der Waals surface area (Å²) in [6, 6.07) is 0. The Kier molecular flexibility index (Phi) is 122. The smallest absolute Gasteiger partial charge is 0.306 e. The summed E-state index contributed by atoms with van der Waals surface area (Å²) in [5, 5.41) is 19.1. The Morgan fingerprint density at radius 3 is 0.709 bits per heavy atom. The lowest BCUT2D eigenvalue weighted by Gasteiger charge is -2.27. The van der Waals surface area contributed by atoms with Crippen molar-refractivity contribution >= 4 is 29.8 Å². The Balaban J connectivity index is -0.00000203. The molecule has 0 saturated carbocycles. The molecule has 0 aromatic carbocycles. The van der Waals surface area contributed by atoms with Gasteiger partial charge in [-0.2, -0.15) is 0 Å². The summed E-state index contributed by atoms with van der Waals surface area (Å²) < 4.78 is 29.2. The number of ether oxygens (including phenoxy) is 5. The maximum atomic E-state index is 13.0. The molecular formula is C126H245N3O12. The standard InChI is InChI=1S/C44H87NO5.C43H85NO5.C39H73NO2/c1-4-7-10-13-16-25-32-41-49-43(47)35-28-21-17-23-30-37-45(39-40-46)38-31-24-18-22-29-36-44(48)50-42(33-26-19-14-11-8-5-2)34-27-20-15-12-9-6-3;1-4-7-10-13-16-17-23-31-40-48-42(46)34-28-24-30-37-44(38-39-45)36-29-22-18-21-27-35-43(47)49-41(32-25-19-14-11-8-5-2)33-26-20-15-12-9-6-3;1-6-9-12-15-18-21-24-27-32-37(33-28-25-22-19-16-13-10-7-2)38(34-29-26-23-20-17-14-11-8-3)42-39(41)35-30-31-36-40(4)5/h42,46H,4-41H2,1-3H3;41,45H,4-40H2,1-3H3;18-23,37-38H,6-17,24-36H2,1-5H3/b;;21-18-,22-19-,23-20-. The molecule has 0 aromatic rings. The number of aliphatic hydroxyl groups is 2. The van der Waals surface area contributed by atoms with E-state index in [1.54, 1.807) is 0 Å². The molecule has 0 rings (SSSR count). The van der Waals surface area contributed by atoms with Crippen LogP contribution in [-0.4, -0.2) is 159 Å². The fourth-order valence-corrected chi connectivity index (χ4v) is 19.1.